The summed E-state index contributed by atoms with van der Waals surface area (Å²) in [5, 5.41) is 3.53. The van der Waals surface area contributed by atoms with Gasteiger partial charge >= 0.3 is 0 Å². The van der Waals surface area contributed by atoms with Gasteiger partial charge in [0.1, 0.15) is 11.5 Å². The summed E-state index contributed by atoms with van der Waals surface area (Å²) in [6.45, 7) is 0. The second kappa shape index (κ2) is 6.21. The first-order chi connectivity index (χ1) is 12.3. The van der Waals surface area contributed by atoms with Gasteiger partial charge in [0.25, 0.3) is 0 Å². The van der Waals surface area contributed by atoms with Crippen molar-refractivity contribution >= 4 is 34.1 Å². The van der Waals surface area contributed by atoms with Crippen LogP contribution < -0.4 is 4.74 Å². The Morgan fingerprint density at radius 2 is 1.32 bits per heavy atom. The normalized spacial score (nSPS) is 10.7. The Morgan fingerprint density at radius 3 is 2.08 bits per heavy atom. The van der Waals surface area contributed by atoms with Gasteiger partial charge in [0.15, 0.2) is 12.6 Å². The molecule has 0 heterocycles. The molecule has 120 valence electrons. The SMILES string of the molecule is O=Cc1cc(Oc2ccc(C=O)c3ccccc23)cc2ccccc12. The molecule has 4 aromatic rings. The van der Waals surface area contributed by atoms with E-state index in [0.717, 1.165) is 34.1 Å². The maximum atomic E-state index is 11.4. The molecule has 0 radical (unpaired) electrons. The molecule has 0 aliphatic carbocycles. The molecule has 0 spiro atoms. The Morgan fingerprint density at radius 1 is 0.640 bits per heavy atom. The van der Waals surface area contributed by atoms with Gasteiger partial charge in [-0.2, -0.15) is 0 Å². The lowest BCUT2D eigenvalue weighted by molar-refractivity contribution is 0.111. The van der Waals surface area contributed by atoms with Crippen molar-refractivity contribution in [3.63, 3.8) is 0 Å². The quantitative estimate of drug-likeness (QED) is 0.471. The summed E-state index contributed by atoms with van der Waals surface area (Å²) in [6, 6.07) is 22.5. The maximum absolute atomic E-state index is 11.4. The van der Waals surface area contributed by atoms with Gasteiger partial charge in [-0.05, 0) is 40.4 Å². The molecule has 0 aliphatic heterocycles. The van der Waals surface area contributed by atoms with Crippen molar-refractivity contribution in [1.29, 1.82) is 0 Å². The molecular formula is C22H14O3. The van der Waals surface area contributed by atoms with Gasteiger partial charge in [0, 0.05) is 16.5 Å². The van der Waals surface area contributed by atoms with Crippen LogP contribution in [0.5, 0.6) is 11.5 Å². The molecule has 0 saturated carbocycles. The molecule has 0 aromatic heterocycles. The zero-order valence-corrected chi connectivity index (χ0v) is 13.3. The third kappa shape index (κ3) is 2.66. The van der Waals surface area contributed by atoms with E-state index in [1.54, 1.807) is 18.2 Å². The molecule has 0 fully saturated rings. The minimum absolute atomic E-state index is 0.585. The van der Waals surface area contributed by atoms with Crippen molar-refractivity contribution in [2.45, 2.75) is 0 Å². The van der Waals surface area contributed by atoms with Crippen LogP contribution in [0.2, 0.25) is 0 Å². The number of aldehydes is 2. The summed E-state index contributed by atoms with van der Waals surface area (Å²) in [5.41, 5.74) is 1.21. The lowest BCUT2D eigenvalue weighted by atomic mass is 10.0. The van der Waals surface area contributed by atoms with Gasteiger partial charge in [-0.25, -0.2) is 0 Å². The number of carbonyl (C=O) groups excluding carboxylic acids is 2. The van der Waals surface area contributed by atoms with Crippen LogP contribution in [-0.4, -0.2) is 12.6 Å². The molecule has 4 aromatic carbocycles. The Balaban J connectivity index is 1.86. The molecule has 0 N–H and O–H groups in total. The highest BCUT2D eigenvalue weighted by molar-refractivity contribution is 6.01. The minimum atomic E-state index is 0.585. The van der Waals surface area contributed by atoms with Crippen LogP contribution in [-0.2, 0) is 0 Å². The summed E-state index contributed by atoms with van der Waals surface area (Å²) >= 11 is 0. The van der Waals surface area contributed by atoms with E-state index in [-0.39, 0.29) is 0 Å². The van der Waals surface area contributed by atoms with E-state index in [0.29, 0.717) is 22.6 Å². The molecular weight excluding hydrogens is 312 g/mol. The summed E-state index contributed by atoms with van der Waals surface area (Å²) in [4.78, 5) is 22.7. The van der Waals surface area contributed by atoms with Crippen molar-refractivity contribution in [3.8, 4) is 11.5 Å². The summed E-state index contributed by atoms with van der Waals surface area (Å²) in [6.07, 6.45) is 1.68. The fraction of sp³-hybridized carbons (Fsp3) is 0. The number of carbonyl (C=O) groups is 2. The number of rotatable bonds is 4. The van der Waals surface area contributed by atoms with E-state index < -0.39 is 0 Å². The molecule has 0 atom stereocenters. The molecule has 3 heteroatoms. The molecule has 0 amide bonds. The molecule has 4 rings (SSSR count). The first-order valence-electron chi connectivity index (χ1n) is 7.93. The van der Waals surface area contributed by atoms with E-state index >= 15 is 0 Å². The highest BCUT2D eigenvalue weighted by atomic mass is 16.5. The topological polar surface area (TPSA) is 43.4 Å². The second-order valence-electron chi connectivity index (χ2n) is 5.77. The Labute approximate surface area is 144 Å². The van der Waals surface area contributed by atoms with Gasteiger partial charge in [0.2, 0.25) is 0 Å². The first-order valence-corrected chi connectivity index (χ1v) is 7.93. The molecule has 0 unspecified atom stereocenters. The van der Waals surface area contributed by atoms with Crippen molar-refractivity contribution in [2.24, 2.45) is 0 Å². The lowest BCUT2D eigenvalue weighted by Crippen LogP contribution is -1.91. The molecule has 25 heavy (non-hydrogen) atoms. The number of hydrogen-bond donors (Lipinski definition) is 0. The Bertz CT molecular complexity index is 1110. The summed E-state index contributed by atoms with van der Waals surface area (Å²) in [7, 11) is 0. The highest BCUT2D eigenvalue weighted by Crippen LogP contribution is 2.33. The predicted molar refractivity (Wildman–Crippen MR) is 98.7 cm³/mol. The number of ether oxygens (including phenoxy) is 1. The number of hydrogen-bond acceptors (Lipinski definition) is 3. The standard InChI is InChI=1S/C22H14O3/c23-13-16-9-10-22(21-8-4-3-7-20(16)21)25-18-11-15-5-1-2-6-19(15)17(12-18)14-24/h1-14H. The Kier molecular flexibility index (Phi) is 3.75. The van der Waals surface area contributed by atoms with Gasteiger partial charge in [-0.1, -0.05) is 48.5 Å². The summed E-state index contributed by atoms with van der Waals surface area (Å²) in [5.74, 6) is 1.23. The summed E-state index contributed by atoms with van der Waals surface area (Å²) < 4.78 is 6.07. The van der Waals surface area contributed by atoms with Crippen LogP contribution in [0.3, 0.4) is 0 Å². The largest absolute Gasteiger partial charge is 0.457 e. The van der Waals surface area contributed by atoms with Crippen molar-refractivity contribution in [2.75, 3.05) is 0 Å². The van der Waals surface area contributed by atoms with E-state index in [4.69, 9.17) is 4.74 Å². The minimum Gasteiger partial charge on any atom is -0.457 e. The Hall–Kier alpha value is -3.46. The van der Waals surface area contributed by atoms with Crippen LogP contribution in [0.25, 0.3) is 21.5 Å². The van der Waals surface area contributed by atoms with Gasteiger partial charge in [-0.3, -0.25) is 9.59 Å². The molecule has 0 bridgehead atoms. The van der Waals surface area contributed by atoms with Crippen LogP contribution >= 0.6 is 0 Å². The third-order valence-electron chi connectivity index (χ3n) is 4.27. The monoisotopic (exact) mass is 326 g/mol. The van der Waals surface area contributed by atoms with E-state index in [1.165, 1.54) is 0 Å². The lowest BCUT2D eigenvalue weighted by Gasteiger charge is -2.12. The molecule has 3 nitrogen and oxygen atoms in total. The highest BCUT2D eigenvalue weighted by Gasteiger charge is 2.09. The average molecular weight is 326 g/mol. The third-order valence-corrected chi connectivity index (χ3v) is 4.27. The van der Waals surface area contributed by atoms with Gasteiger partial charge < -0.3 is 4.74 Å². The molecule has 0 saturated heterocycles. The van der Waals surface area contributed by atoms with Crippen molar-refractivity contribution < 1.29 is 14.3 Å². The van der Waals surface area contributed by atoms with E-state index in [2.05, 4.69) is 0 Å². The van der Waals surface area contributed by atoms with Crippen LogP contribution in [0.15, 0.2) is 72.8 Å². The predicted octanol–water partition coefficient (Wildman–Crippen LogP) is 5.41. The van der Waals surface area contributed by atoms with Crippen molar-refractivity contribution in [1.82, 2.24) is 0 Å². The average Bonchev–Trinajstić information content (AvgIpc) is 2.67. The van der Waals surface area contributed by atoms with Crippen molar-refractivity contribution in [3.05, 3.63) is 83.9 Å². The number of fused-ring (bicyclic) bond motifs is 2. The number of benzene rings is 4. The fourth-order valence-electron chi connectivity index (χ4n) is 3.08. The van der Waals surface area contributed by atoms with Crippen LogP contribution in [0, 0.1) is 0 Å². The maximum Gasteiger partial charge on any atom is 0.150 e. The fourth-order valence-corrected chi connectivity index (χ4v) is 3.08. The van der Waals surface area contributed by atoms with Gasteiger partial charge in [-0.15, -0.1) is 0 Å². The zero-order chi connectivity index (χ0) is 17.2. The van der Waals surface area contributed by atoms with Gasteiger partial charge in [0.05, 0.1) is 0 Å². The van der Waals surface area contributed by atoms with Crippen LogP contribution in [0.4, 0.5) is 0 Å². The first kappa shape index (κ1) is 15.1. The second-order valence-corrected chi connectivity index (χ2v) is 5.77. The van der Waals surface area contributed by atoms with E-state index in [1.807, 2.05) is 54.6 Å². The van der Waals surface area contributed by atoms with E-state index in [9.17, 15) is 9.59 Å². The molecule has 0 aliphatic rings. The zero-order valence-electron chi connectivity index (χ0n) is 13.3. The smallest absolute Gasteiger partial charge is 0.150 e. The van der Waals surface area contributed by atoms with Crippen LogP contribution in [0.1, 0.15) is 20.7 Å².